The Morgan fingerprint density at radius 1 is 1.27 bits per heavy atom. The zero-order chi connectivity index (χ0) is 15.4. The maximum Gasteiger partial charge on any atom is 0.252 e. The highest BCUT2D eigenvalue weighted by Gasteiger charge is 2.13. The summed E-state index contributed by atoms with van der Waals surface area (Å²) in [7, 11) is 0. The molecule has 0 bridgehead atoms. The number of hydrogen-bond donors (Lipinski definition) is 1. The lowest BCUT2D eigenvalue weighted by atomic mass is 10.1. The molecule has 1 N–H and O–H groups in total. The first-order chi connectivity index (χ1) is 10.8. The molecule has 1 aromatic carbocycles. The number of rotatable bonds is 4. The summed E-state index contributed by atoms with van der Waals surface area (Å²) in [6.07, 6.45) is 1.62. The summed E-state index contributed by atoms with van der Waals surface area (Å²) in [5, 5.41) is 22.0. The average Bonchev–Trinajstić information content (AvgIpc) is 3.04. The molecule has 22 heavy (non-hydrogen) atoms. The Hall–Kier alpha value is -3.24. The Balaban J connectivity index is 1.92. The highest BCUT2D eigenvalue weighted by Crippen LogP contribution is 2.27. The third-order valence-electron chi connectivity index (χ3n) is 2.82. The molecule has 0 unspecified atom stereocenters. The normalized spacial score (nSPS) is 10.2. The van der Waals surface area contributed by atoms with Gasteiger partial charge in [-0.25, -0.2) is 4.98 Å². The molecule has 3 aromatic rings. The molecule has 0 atom stereocenters. The van der Waals surface area contributed by atoms with Crippen LogP contribution < -0.4 is 4.74 Å². The summed E-state index contributed by atoms with van der Waals surface area (Å²) in [6, 6.07) is 12.3. The number of nitrogens with zero attached hydrogens (tertiary/aromatic N) is 4. The molecule has 7 heteroatoms. The summed E-state index contributed by atoms with van der Waals surface area (Å²) in [5.41, 5.74) is 0.832. The van der Waals surface area contributed by atoms with Gasteiger partial charge in [0.2, 0.25) is 11.7 Å². The van der Waals surface area contributed by atoms with Gasteiger partial charge in [-0.3, -0.25) is 0 Å². The van der Waals surface area contributed by atoms with Crippen molar-refractivity contribution >= 4 is 0 Å². The molecular weight excluding hydrogens is 284 g/mol. The van der Waals surface area contributed by atoms with Crippen LogP contribution in [0.1, 0.15) is 11.5 Å². The number of benzene rings is 1. The third kappa shape index (κ3) is 2.77. The van der Waals surface area contributed by atoms with Crippen LogP contribution in [-0.2, 0) is 6.61 Å². The van der Waals surface area contributed by atoms with E-state index in [1.165, 1.54) is 0 Å². The van der Waals surface area contributed by atoms with Crippen LogP contribution in [0, 0.1) is 11.3 Å². The number of aromatic nitrogens is 3. The molecule has 0 aliphatic heterocycles. The van der Waals surface area contributed by atoms with E-state index in [-0.39, 0.29) is 18.3 Å². The molecular formula is C15H10N4O3. The van der Waals surface area contributed by atoms with Crippen LogP contribution in [0.2, 0.25) is 0 Å². The van der Waals surface area contributed by atoms with Gasteiger partial charge in [-0.15, -0.1) is 0 Å². The van der Waals surface area contributed by atoms with Crippen LogP contribution in [0.4, 0.5) is 0 Å². The predicted molar refractivity (Wildman–Crippen MR) is 74.7 cm³/mol. The summed E-state index contributed by atoms with van der Waals surface area (Å²) in [4.78, 5) is 8.04. The van der Waals surface area contributed by atoms with E-state index in [9.17, 15) is 5.26 Å². The molecule has 0 fully saturated rings. The Bertz CT molecular complexity index is 824. The van der Waals surface area contributed by atoms with E-state index >= 15 is 0 Å². The van der Waals surface area contributed by atoms with Gasteiger partial charge in [0.15, 0.2) is 0 Å². The zero-order valence-corrected chi connectivity index (χ0v) is 11.3. The standard InChI is InChI=1S/C15H10N4O3/c16-8-10-7-11(21-13-3-1-2-6-17-13)4-5-12(10)15-18-14(9-20)22-19-15/h1-7,20H,9H2. The van der Waals surface area contributed by atoms with Gasteiger partial charge in [-0.2, -0.15) is 10.2 Å². The first-order valence-corrected chi connectivity index (χ1v) is 6.37. The van der Waals surface area contributed by atoms with E-state index in [2.05, 4.69) is 21.2 Å². The van der Waals surface area contributed by atoms with Crippen molar-refractivity contribution < 1.29 is 14.4 Å². The fourth-order valence-corrected chi connectivity index (χ4v) is 1.83. The van der Waals surface area contributed by atoms with Crippen LogP contribution in [0.5, 0.6) is 11.6 Å². The van der Waals surface area contributed by atoms with Gasteiger partial charge in [0, 0.05) is 17.8 Å². The topological polar surface area (TPSA) is 105 Å². The van der Waals surface area contributed by atoms with Crippen molar-refractivity contribution in [1.82, 2.24) is 15.1 Å². The summed E-state index contributed by atoms with van der Waals surface area (Å²) >= 11 is 0. The van der Waals surface area contributed by atoms with E-state index in [4.69, 9.17) is 14.4 Å². The fourth-order valence-electron chi connectivity index (χ4n) is 1.83. The van der Waals surface area contributed by atoms with E-state index in [1.54, 1.807) is 42.6 Å². The lowest BCUT2D eigenvalue weighted by Crippen LogP contribution is -1.91. The second-order valence-corrected chi connectivity index (χ2v) is 4.26. The number of nitriles is 1. The van der Waals surface area contributed by atoms with Crippen molar-refractivity contribution in [3.8, 4) is 29.1 Å². The minimum Gasteiger partial charge on any atom is -0.439 e. The van der Waals surface area contributed by atoms with E-state index in [0.29, 0.717) is 22.8 Å². The van der Waals surface area contributed by atoms with Crippen LogP contribution in [0.25, 0.3) is 11.4 Å². The molecule has 0 spiro atoms. The van der Waals surface area contributed by atoms with Gasteiger partial charge in [0.1, 0.15) is 18.4 Å². The second kappa shape index (κ2) is 6.03. The zero-order valence-electron chi connectivity index (χ0n) is 11.3. The third-order valence-corrected chi connectivity index (χ3v) is 2.82. The van der Waals surface area contributed by atoms with Crippen molar-refractivity contribution in [2.24, 2.45) is 0 Å². The minimum atomic E-state index is -0.351. The highest BCUT2D eigenvalue weighted by atomic mass is 16.5. The number of aliphatic hydroxyl groups excluding tert-OH is 1. The van der Waals surface area contributed by atoms with Crippen LogP contribution >= 0.6 is 0 Å². The molecule has 0 radical (unpaired) electrons. The van der Waals surface area contributed by atoms with Crippen molar-refractivity contribution in [2.45, 2.75) is 6.61 Å². The van der Waals surface area contributed by atoms with Gasteiger partial charge < -0.3 is 14.4 Å². The predicted octanol–water partition coefficient (Wildman–Crippen LogP) is 2.29. The highest BCUT2D eigenvalue weighted by molar-refractivity contribution is 5.65. The summed E-state index contributed by atoms with van der Waals surface area (Å²) in [6.45, 7) is -0.351. The number of pyridine rings is 1. The maximum atomic E-state index is 9.28. The maximum absolute atomic E-state index is 9.28. The Labute approximate surface area is 125 Å². The molecule has 2 aromatic heterocycles. The molecule has 0 aliphatic rings. The molecule has 0 saturated heterocycles. The van der Waals surface area contributed by atoms with E-state index in [0.717, 1.165) is 0 Å². The van der Waals surface area contributed by atoms with Crippen LogP contribution in [0.15, 0.2) is 47.1 Å². The smallest absolute Gasteiger partial charge is 0.252 e. The quantitative estimate of drug-likeness (QED) is 0.786. The second-order valence-electron chi connectivity index (χ2n) is 4.26. The van der Waals surface area contributed by atoms with E-state index < -0.39 is 0 Å². The molecule has 2 heterocycles. The lowest BCUT2D eigenvalue weighted by Gasteiger charge is -2.06. The molecule has 0 saturated carbocycles. The fraction of sp³-hybridized carbons (Fsp3) is 0.0667. The van der Waals surface area contributed by atoms with Crippen LogP contribution in [-0.4, -0.2) is 20.2 Å². The Morgan fingerprint density at radius 3 is 2.86 bits per heavy atom. The first kappa shape index (κ1) is 13.7. The van der Waals surface area contributed by atoms with Gasteiger partial charge in [0.05, 0.1) is 5.56 Å². The molecule has 0 aliphatic carbocycles. The number of aliphatic hydroxyl groups is 1. The van der Waals surface area contributed by atoms with Crippen molar-refractivity contribution in [1.29, 1.82) is 5.26 Å². The van der Waals surface area contributed by atoms with Crippen molar-refractivity contribution in [3.05, 3.63) is 54.0 Å². The average molecular weight is 294 g/mol. The summed E-state index contributed by atoms with van der Waals surface area (Å²) in [5.74, 6) is 1.24. The minimum absolute atomic E-state index is 0.0905. The first-order valence-electron chi connectivity index (χ1n) is 6.37. The van der Waals surface area contributed by atoms with Gasteiger partial charge in [-0.1, -0.05) is 11.2 Å². The largest absolute Gasteiger partial charge is 0.439 e. The summed E-state index contributed by atoms with van der Waals surface area (Å²) < 4.78 is 10.4. The van der Waals surface area contributed by atoms with Gasteiger partial charge in [-0.05, 0) is 24.3 Å². The number of ether oxygens (including phenoxy) is 1. The molecule has 3 rings (SSSR count). The SMILES string of the molecule is N#Cc1cc(Oc2ccccn2)ccc1-c1noc(CO)n1. The number of hydrogen-bond acceptors (Lipinski definition) is 7. The van der Waals surface area contributed by atoms with Crippen LogP contribution in [0.3, 0.4) is 0 Å². The Morgan fingerprint density at radius 2 is 2.18 bits per heavy atom. The molecule has 7 nitrogen and oxygen atoms in total. The lowest BCUT2D eigenvalue weighted by molar-refractivity contribution is 0.222. The molecule has 0 amide bonds. The Kier molecular flexibility index (Phi) is 3.76. The molecule has 108 valence electrons. The monoisotopic (exact) mass is 294 g/mol. The van der Waals surface area contributed by atoms with Crippen molar-refractivity contribution in [3.63, 3.8) is 0 Å². The van der Waals surface area contributed by atoms with Gasteiger partial charge in [0.25, 0.3) is 5.89 Å². The van der Waals surface area contributed by atoms with Gasteiger partial charge >= 0.3 is 0 Å². The van der Waals surface area contributed by atoms with E-state index in [1.807, 2.05) is 0 Å². The van der Waals surface area contributed by atoms with Crippen molar-refractivity contribution in [2.75, 3.05) is 0 Å².